The van der Waals surface area contributed by atoms with Crippen LogP contribution in [-0.2, 0) is 22.9 Å². The standard InChI is InChI=1S/C15H17Cl6N4O5P/c16-14(17,18)6-29-31(26,30-7-15(19,20)21)28-5-10-3-9(4-27-10)25-8-24-12-11(22)1-2-23-13(12)25/h1-2,8-10H,3-7H2,(H2,22,23)/t9-,10-/m1/s1. The van der Waals surface area contributed by atoms with Crippen LogP contribution in [0.4, 0.5) is 5.69 Å². The van der Waals surface area contributed by atoms with Crippen LogP contribution in [0.15, 0.2) is 18.6 Å². The molecule has 2 aromatic heterocycles. The van der Waals surface area contributed by atoms with E-state index >= 15 is 0 Å². The fourth-order valence-electron chi connectivity index (χ4n) is 2.81. The molecule has 3 rings (SSSR count). The van der Waals surface area contributed by atoms with Gasteiger partial charge < -0.3 is 15.0 Å². The molecule has 9 nitrogen and oxygen atoms in total. The number of alkyl halides is 6. The van der Waals surface area contributed by atoms with Crippen LogP contribution in [0, 0.1) is 0 Å². The minimum absolute atomic E-state index is 0.0866. The molecule has 0 saturated carbocycles. The molecule has 2 aromatic rings. The van der Waals surface area contributed by atoms with E-state index in [9.17, 15) is 4.57 Å². The van der Waals surface area contributed by atoms with Crippen LogP contribution in [0.3, 0.4) is 0 Å². The van der Waals surface area contributed by atoms with Crippen LogP contribution < -0.4 is 5.73 Å². The van der Waals surface area contributed by atoms with E-state index in [1.807, 2.05) is 4.57 Å². The second-order valence-corrected chi connectivity index (χ2v) is 13.3. The molecule has 1 aliphatic rings. The number of pyridine rings is 1. The number of imidazole rings is 1. The van der Waals surface area contributed by atoms with Crippen LogP contribution in [0.5, 0.6) is 0 Å². The van der Waals surface area contributed by atoms with Gasteiger partial charge >= 0.3 is 7.82 Å². The molecular weight excluding hydrogens is 560 g/mol. The SMILES string of the molecule is Nc1ccnc2c1ncn2[C@H]1CO[C@@H](COP(=O)(OCC(Cl)(Cl)Cl)OCC(Cl)(Cl)Cl)C1. The molecule has 174 valence electrons. The molecule has 0 unspecified atom stereocenters. The molecule has 0 aromatic carbocycles. The Kier molecular flexibility index (Phi) is 8.53. The number of nitrogens with two attached hydrogens (primary N) is 1. The number of ether oxygens (including phenoxy) is 1. The van der Waals surface area contributed by atoms with Gasteiger partial charge in [0, 0.05) is 6.20 Å². The van der Waals surface area contributed by atoms with E-state index < -0.39 is 34.7 Å². The van der Waals surface area contributed by atoms with Crippen molar-refractivity contribution in [2.75, 3.05) is 32.2 Å². The van der Waals surface area contributed by atoms with Crippen molar-refractivity contribution in [3.8, 4) is 0 Å². The van der Waals surface area contributed by atoms with Gasteiger partial charge in [-0.1, -0.05) is 69.6 Å². The Morgan fingerprint density at radius 3 is 2.39 bits per heavy atom. The van der Waals surface area contributed by atoms with Crippen molar-refractivity contribution in [1.29, 1.82) is 0 Å². The van der Waals surface area contributed by atoms with E-state index in [-0.39, 0.29) is 12.6 Å². The van der Waals surface area contributed by atoms with E-state index in [1.54, 1.807) is 18.6 Å². The molecule has 0 amide bonds. The zero-order chi connectivity index (χ0) is 22.9. The smallest absolute Gasteiger partial charge is 0.397 e. The van der Waals surface area contributed by atoms with Gasteiger partial charge in [-0.2, -0.15) is 0 Å². The van der Waals surface area contributed by atoms with Crippen molar-refractivity contribution in [3.05, 3.63) is 18.6 Å². The number of phosphoric ester groups is 1. The van der Waals surface area contributed by atoms with Crippen LogP contribution in [-0.4, -0.2) is 54.7 Å². The summed E-state index contributed by atoms with van der Waals surface area (Å²) in [7, 11) is -4.22. The lowest BCUT2D eigenvalue weighted by molar-refractivity contribution is 0.0395. The second-order valence-electron chi connectivity index (χ2n) is 6.59. The predicted molar refractivity (Wildman–Crippen MR) is 121 cm³/mol. The van der Waals surface area contributed by atoms with Gasteiger partial charge in [-0.25, -0.2) is 14.5 Å². The Morgan fingerprint density at radius 2 is 1.77 bits per heavy atom. The lowest BCUT2D eigenvalue weighted by Gasteiger charge is -2.23. The van der Waals surface area contributed by atoms with Gasteiger partial charge in [0.1, 0.15) is 18.7 Å². The van der Waals surface area contributed by atoms with Gasteiger partial charge in [-0.15, -0.1) is 0 Å². The minimum atomic E-state index is -4.22. The van der Waals surface area contributed by atoms with Crippen molar-refractivity contribution in [1.82, 2.24) is 14.5 Å². The minimum Gasteiger partial charge on any atom is -0.397 e. The molecular formula is C15H17Cl6N4O5P. The molecule has 0 spiro atoms. The van der Waals surface area contributed by atoms with Crippen molar-refractivity contribution in [3.63, 3.8) is 0 Å². The largest absolute Gasteiger partial charge is 0.475 e. The molecule has 1 saturated heterocycles. The third-order valence-corrected chi connectivity index (χ3v) is 6.15. The first-order valence-corrected chi connectivity index (χ1v) is 12.4. The van der Waals surface area contributed by atoms with Crippen LogP contribution in [0.25, 0.3) is 11.2 Å². The fraction of sp³-hybridized carbons (Fsp3) is 0.600. The van der Waals surface area contributed by atoms with E-state index in [2.05, 4.69) is 9.97 Å². The van der Waals surface area contributed by atoms with Crippen LogP contribution >= 0.6 is 77.4 Å². The molecule has 0 bridgehead atoms. The topological polar surface area (TPSA) is 111 Å². The highest BCUT2D eigenvalue weighted by atomic mass is 35.6. The van der Waals surface area contributed by atoms with Crippen molar-refractivity contribution < 1.29 is 22.9 Å². The molecule has 0 radical (unpaired) electrons. The van der Waals surface area contributed by atoms with Gasteiger partial charge in [-0.3, -0.25) is 13.6 Å². The van der Waals surface area contributed by atoms with E-state index in [0.29, 0.717) is 29.9 Å². The molecule has 0 aliphatic carbocycles. The number of aromatic nitrogens is 3. The number of nitrogens with zero attached hydrogens (tertiary/aromatic N) is 3. The maximum absolute atomic E-state index is 12.9. The van der Waals surface area contributed by atoms with Crippen molar-refractivity contribution >= 4 is 94.3 Å². The molecule has 16 heteroatoms. The Labute approximate surface area is 207 Å². The number of fused-ring (bicyclic) bond motifs is 1. The highest BCUT2D eigenvalue weighted by molar-refractivity contribution is 7.48. The highest BCUT2D eigenvalue weighted by Gasteiger charge is 2.37. The molecule has 31 heavy (non-hydrogen) atoms. The lowest BCUT2D eigenvalue weighted by Crippen LogP contribution is -2.20. The number of rotatable bonds is 8. The van der Waals surface area contributed by atoms with Crippen LogP contribution in [0.2, 0.25) is 0 Å². The van der Waals surface area contributed by atoms with Gasteiger partial charge in [-0.05, 0) is 12.5 Å². The molecule has 2 N–H and O–H groups in total. The number of hydrogen-bond donors (Lipinski definition) is 1. The van der Waals surface area contributed by atoms with Gasteiger partial charge in [0.2, 0.25) is 7.59 Å². The summed E-state index contributed by atoms with van der Waals surface area (Å²) in [6.45, 7) is -0.936. The van der Waals surface area contributed by atoms with Crippen molar-refractivity contribution in [2.24, 2.45) is 0 Å². The third kappa shape index (κ3) is 7.62. The Hall–Kier alpha value is 0.230. The number of halogens is 6. The summed E-state index contributed by atoms with van der Waals surface area (Å²) in [5.41, 5.74) is 7.70. The van der Waals surface area contributed by atoms with Crippen molar-refractivity contribution in [2.45, 2.75) is 26.2 Å². The summed E-state index contributed by atoms with van der Waals surface area (Å²) in [6, 6.07) is 1.59. The highest BCUT2D eigenvalue weighted by Crippen LogP contribution is 2.53. The normalized spacial score (nSPS) is 20.6. The number of hydrogen-bond acceptors (Lipinski definition) is 8. The third-order valence-electron chi connectivity index (χ3n) is 4.14. The Morgan fingerprint density at radius 1 is 1.13 bits per heavy atom. The first-order valence-electron chi connectivity index (χ1n) is 8.71. The monoisotopic (exact) mass is 574 g/mol. The lowest BCUT2D eigenvalue weighted by atomic mass is 10.2. The van der Waals surface area contributed by atoms with E-state index in [1.165, 1.54) is 0 Å². The Balaban J connectivity index is 1.62. The quantitative estimate of drug-likeness (QED) is 0.335. The average molecular weight is 577 g/mol. The summed E-state index contributed by atoms with van der Waals surface area (Å²) in [5.74, 6) is 0. The number of nitrogen functional groups attached to an aromatic ring is 1. The molecule has 1 aliphatic heterocycles. The van der Waals surface area contributed by atoms with E-state index in [4.69, 9.17) is 93.6 Å². The number of anilines is 1. The Bertz CT molecular complexity index is 930. The molecule has 3 heterocycles. The maximum Gasteiger partial charge on any atom is 0.475 e. The molecule has 2 atom stereocenters. The van der Waals surface area contributed by atoms with Gasteiger partial charge in [0.15, 0.2) is 5.65 Å². The number of phosphoric acid groups is 1. The predicted octanol–water partition coefficient (Wildman–Crippen LogP) is 5.24. The summed E-state index contributed by atoms with van der Waals surface area (Å²) in [6.07, 6.45) is 3.32. The summed E-state index contributed by atoms with van der Waals surface area (Å²) >= 11 is 33.8. The fourth-order valence-corrected chi connectivity index (χ4v) is 4.87. The summed E-state index contributed by atoms with van der Waals surface area (Å²) in [5, 5.41) is 0. The first-order chi connectivity index (χ1) is 14.4. The van der Waals surface area contributed by atoms with Gasteiger partial charge in [0.25, 0.3) is 0 Å². The summed E-state index contributed by atoms with van der Waals surface area (Å²) < 4.78 is 32.2. The second kappa shape index (κ2) is 10.2. The van der Waals surface area contributed by atoms with Crippen LogP contribution in [0.1, 0.15) is 12.5 Å². The zero-order valence-electron chi connectivity index (χ0n) is 15.6. The first kappa shape index (κ1) is 25.8. The van der Waals surface area contributed by atoms with E-state index in [0.717, 1.165) is 0 Å². The zero-order valence-corrected chi connectivity index (χ0v) is 21.0. The average Bonchev–Trinajstić information content (AvgIpc) is 3.30. The van der Waals surface area contributed by atoms with Gasteiger partial charge in [0.05, 0.1) is 37.4 Å². The maximum atomic E-state index is 12.9. The molecule has 1 fully saturated rings. The summed E-state index contributed by atoms with van der Waals surface area (Å²) in [4.78, 5) is 8.62.